The van der Waals surface area contributed by atoms with Crippen molar-refractivity contribution in [1.82, 2.24) is 24.7 Å². The molecule has 0 aliphatic carbocycles. The van der Waals surface area contributed by atoms with Crippen LogP contribution in [0.15, 0.2) is 48.9 Å². The molecule has 0 saturated heterocycles. The van der Waals surface area contributed by atoms with Crippen LogP contribution in [0.2, 0.25) is 10.2 Å². The Hall–Kier alpha value is -2.50. The van der Waals surface area contributed by atoms with Gasteiger partial charge in [-0.05, 0) is 18.2 Å². The molecule has 4 aromatic rings. The smallest absolute Gasteiger partial charge is 0.148 e. The van der Waals surface area contributed by atoms with E-state index in [1.165, 1.54) is 6.20 Å². The minimum atomic E-state index is 0.327. The van der Waals surface area contributed by atoms with Crippen LogP contribution in [0.3, 0.4) is 0 Å². The Morgan fingerprint density at radius 3 is 2.46 bits per heavy atom. The molecule has 3 aromatic heterocycles. The van der Waals surface area contributed by atoms with Crippen molar-refractivity contribution in [1.29, 1.82) is 0 Å². The fourth-order valence-corrected chi connectivity index (χ4v) is 2.76. The van der Waals surface area contributed by atoms with Crippen LogP contribution < -0.4 is 0 Å². The van der Waals surface area contributed by atoms with Crippen LogP contribution in [-0.2, 0) is 7.05 Å². The van der Waals surface area contributed by atoms with Crippen LogP contribution in [0, 0.1) is 0 Å². The maximum Gasteiger partial charge on any atom is 0.148 e. The van der Waals surface area contributed by atoms with Crippen LogP contribution in [-0.4, -0.2) is 24.7 Å². The SMILES string of the molecule is Cn1cc(-c2nc(-c3ccc(Cl)cc3)cc3ncc(Cl)nc23)cn1. The number of hydrogen-bond donors (Lipinski definition) is 0. The van der Waals surface area contributed by atoms with Crippen LogP contribution in [0.25, 0.3) is 33.5 Å². The van der Waals surface area contributed by atoms with Crippen molar-refractivity contribution in [2.24, 2.45) is 7.05 Å². The van der Waals surface area contributed by atoms with Gasteiger partial charge in [0.2, 0.25) is 0 Å². The number of aromatic nitrogens is 5. The Labute approximate surface area is 147 Å². The first-order valence-electron chi connectivity index (χ1n) is 7.18. The third-order valence-corrected chi connectivity index (χ3v) is 4.05. The summed E-state index contributed by atoms with van der Waals surface area (Å²) >= 11 is 12.0. The Morgan fingerprint density at radius 1 is 0.958 bits per heavy atom. The molecule has 0 fully saturated rings. The number of nitrogens with zero attached hydrogens (tertiary/aromatic N) is 5. The summed E-state index contributed by atoms with van der Waals surface area (Å²) in [4.78, 5) is 13.6. The number of benzene rings is 1. The van der Waals surface area contributed by atoms with E-state index in [1.807, 2.05) is 43.6 Å². The second-order valence-electron chi connectivity index (χ2n) is 5.33. The molecule has 1 aromatic carbocycles. The largest absolute Gasteiger partial charge is 0.275 e. The van der Waals surface area contributed by atoms with Crippen molar-refractivity contribution < 1.29 is 0 Å². The van der Waals surface area contributed by atoms with Crippen LogP contribution in [0.4, 0.5) is 0 Å². The summed E-state index contributed by atoms with van der Waals surface area (Å²) in [6.07, 6.45) is 5.16. The Morgan fingerprint density at radius 2 is 1.75 bits per heavy atom. The second kappa shape index (κ2) is 5.85. The summed E-state index contributed by atoms with van der Waals surface area (Å²) in [6, 6.07) is 9.40. The molecule has 0 aliphatic heterocycles. The number of halogens is 2. The highest BCUT2D eigenvalue weighted by molar-refractivity contribution is 6.30. The van der Waals surface area contributed by atoms with Crippen molar-refractivity contribution in [3.63, 3.8) is 0 Å². The first-order chi connectivity index (χ1) is 11.6. The summed E-state index contributed by atoms with van der Waals surface area (Å²) in [5.74, 6) is 0. The van der Waals surface area contributed by atoms with Crippen molar-refractivity contribution in [3.8, 4) is 22.5 Å². The predicted molar refractivity (Wildman–Crippen MR) is 95.0 cm³/mol. The Balaban J connectivity index is 2.00. The molecule has 118 valence electrons. The highest BCUT2D eigenvalue weighted by Crippen LogP contribution is 2.30. The van der Waals surface area contributed by atoms with Gasteiger partial charge in [-0.1, -0.05) is 35.3 Å². The van der Waals surface area contributed by atoms with Crippen molar-refractivity contribution in [2.75, 3.05) is 0 Å². The highest BCUT2D eigenvalue weighted by atomic mass is 35.5. The molecular formula is C17H11Cl2N5. The lowest BCUT2D eigenvalue weighted by Gasteiger charge is -2.08. The lowest BCUT2D eigenvalue weighted by molar-refractivity contribution is 0.768. The van der Waals surface area contributed by atoms with Crippen LogP contribution in [0.1, 0.15) is 0 Å². The predicted octanol–water partition coefficient (Wildman–Crippen LogP) is 4.40. The average molecular weight is 356 g/mol. The Kier molecular flexibility index (Phi) is 3.67. The molecule has 0 bridgehead atoms. The molecule has 0 amide bonds. The first-order valence-corrected chi connectivity index (χ1v) is 7.94. The van der Waals surface area contributed by atoms with E-state index < -0.39 is 0 Å². The lowest BCUT2D eigenvalue weighted by atomic mass is 10.1. The average Bonchev–Trinajstić information content (AvgIpc) is 3.01. The van der Waals surface area contributed by atoms with E-state index in [4.69, 9.17) is 28.2 Å². The topological polar surface area (TPSA) is 56.5 Å². The highest BCUT2D eigenvalue weighted by Gasteiger charge is 2.14. The lowest BCUT2D eigenvalue weighted by Crippen LogP contribution is -1.94. The molecule has 7 heteroatoms. The molecule has 4 rings (SSSR count). The molecule has 0 saturated carbocycles. The number of hydrogen-bond acceptors (Lipinski definition) is 4. The second-order valence-corrected chi connectivity index (χ2v) is 6.15. The minimum absolute atomic E-state index is 0.327. The van der Waals surface area contributed by atoms with E-state index in [0.29, 0.717) is 21.4 Å². The van der Waals surface area contributed by atoms with Gasteiger partial charge in [-0.15, -0.1) is 0 Å². The number of fused-ring (bicyclic) bond motifs is 1. The zero-order valence-electron chi connectivity index (χ0n) is 12.6. The normalized spacial score (nSPS) is 11.1. The van der Waals surface area contributed by atoms with Crippen LogP contribution in [0.5, 0.6) is 0 Å². The molecule has 0 radical (unpaired) electrons. The van der Waals surface area contributed by atoms with E-state index in [2.05, 4.69) is 15.1 Å². The van der Waals surface area contributed by atoms with Gasteiger partial charge < -0.3 is 0 Å². The molecule has 24 heavy (non-hydrogen) atoms. The molecular weight excluding hydrogens is 345 g/mol. The summed E-state index contributed by atoms with van der Waals surface area (Å²) in [5, 5.41) is 5.22. The zero-order valence-corrected chi connectivity index (χ0v) is 14.1. The van der Waals surface area contributed by atoms with Gasteiger partial charge in [0.15, 0.2) is 0 Å². The van der Waals surface area contributed by atoms with E-state index in [9.17, 15) is 0 Å². The van der Waals surface area contributed by atoms with Crippen LogP contribution >= 0.6 is 23.2 Å². The monoisotopic (exact) mass is 355 g/mol. The van der Waals surface area contributed by atoms with Gasteiger partial charge in [-0.3, -0.25) is 9.67 Å². The van der Waals surface area contributed by atoms with Crippen molar-refractivity contribution >= 4 is 34.2 Å². The zero-order chi connectivity index (χ0) is 16.7. The van der Waals surface area contributed by atoms with Gasteiger partial charge in [0, 0.05) is 29.4 Å². The van der Waals surface area contributed by atoms with E-state index in [1.54, 1.807) is 10.9 Å². The molecule has 3 heterocycles. The van der Waals surface area contributed by atoms with Gasteiger partial charge in [-0.2, -0.15) is 5.10 Å². The van der Waals surface area contributed by atoms with E-state index >= 15 is 0 Å². The number of aryl methyl sites for hydroxylation is 1. The molecule has 0 atom stereocenters. The maximum atomic E-state index is 6.02. The van der Waals surface area contributed by atoms with Gasteiger partial charge >= 0.3 is 0 Å². The number of pyridine rings is 1. The fourth-order valence-electron chi connectivity index (χ4n) is 2.51. The molecule has 0 aliphatic rings. The first kappa shape index (κ1) is 15.1. The van der Waals surface area contributed by atoms with Gasteiger partial charge in [-0.25, -0.2) is 9.97 Å². The molecule has 0 unspecified atom stereocenters. The van der Waals surface area contributed by atoms with Gasteiger partial charge in [0.05, 0.1) is 23.6 Å². The fraction of sp³-hybridized carbons (Fsp3) is 0.0588. The summed E-state index contributed by atoms with van der Waals surface area (Å²) < 4.78 is 1.72. The Bertz CT molecular complexity index is 1040. The third-order valence-electron chi connectivity index (χ3n) is 3.62. The molecule has 0 spiro atoms. The standard InChI is InChI=1S/C17H11Cl2N5/c1-24-9-11(7-21-24)16-17-14(20-8-15(19)23-17)6-13(22-16)10-2-4-12(18)5-3-10/h2-9H,1H3. The van der Waals surface area contributed by atoms with Crippen molar-refractivity contribution in [3.05, 3.63) is 59.1 Å². The number of rotatable bonds is 2. The maximum absolute atomic E-state index is 6.02. The van der Waals surface area contributed by atoms with Gasteiger partial charge in [0.25, 0.3) is 0 Å². The summed E-state index contributed by atoms with van der Waals surface area (Å²) in [6.45, 7) is 0. The quantitative estimate of drug-likeness (QED) is 0.534. The summed E-state index contributed by atoms with van der Waals surface area (Å²) in [5.41, 5.74) is 4.65. The molecule has 0 N–H and O–H groups in total. The minimum Gasteiger partial charge on any atom is -0.275 e. The van der Waals surface area contributed by atoms with Crippen molar-refractivity contribution in [2.45, 2.75) is 0 Å². The van der Waals surface area contributed by atoms with E-state index in [-0.39, 0.29) is 0 Å². The van der Waals surface area contributed by atoms with Gasteiger partial charge in [0.1, 0.15) is 16.4 Å². The third kappa shape index (κ3) is 2.72. The molecule has 5 nitrogen and oxygen atoms in total. The summed E-state index contributed by atoms with van der Waals surface area (Å²) in [7, 11) is 1.85. The van der Waals surface area contributed by atoms with E-state index in [0.717, 1.165) is 22.3 Å².